The lowest BCUT2D eigenvalue weighted by atomic mass is 9.91. The first-order valence-electron chi connectivity index (χ1n) is 6.57. The van der Waals surface area contributed by atoms with Gasteiger partial charge in [-0.3, -0.25) is 4.79 Å². The maximum atomic E-state index is 13.3. The van der Waals surface area contributed by atoms with E-state index in [4.69, 9.17) is 11.6 Å². The van der Waals surface area contributed by atoms with Crippen molar-refractivity contribution in [1.29, 1.82) is 0 Å². The van der Waals surface area contributed by atoms with Crippen LogP contribution in [0.4, 0.5) is 10.1 Å². The van der Waals surface area contributed by atoms with Gasteiger partial charge in [0.15, 0.2) is 0 Å². The highest BCUT2D eigenvalue weighted by molar-refractivity contribution is 6.33. The van der Waals surface area contributed by atoms with Crippen LogP contribution in [0.25, 0.3) is 0 Å². The summed E-state index contributed by atoms with van der Waals surface area (Å²) in [5, 5.41) is 3.76. The van der Waals surface area contributed by atoms with Gasteiger partial charge in [-0.1, -0.05) is 11.6 Å². The number of anilines is 1. The molecule has 0 fully saturated rings. The van der Waals surface area contributed by atoms with Crippen molar-refractivity contribution in [2.75, 3.05) is 5.32 Å². The van der Waals surface area contributed by atoms with E-state index in [9.17, 15) is 9.18 Å². The van der Waals surface area contributed by atoms with E-state index in [0.717, 1.165) is 30.5 Å². The second-order valence-corrected chi connectivity index (χ2v) is 5.38. The second-order valence-electron chi connectivity index (χ2n) is 4.97. The molecular formula is C15H14ClFN2O. The quantitative estimate of drug-likeness (QED) is 0.887. The van der Waals surface area contributed by atoms with Crippen molar-refractivity contribution >= 4 is 17.3 Å². The largest absolute Gasteiger partial charge is 0.377 e. The molecule has 3 nitrogen and oxygen atoms in total. The van der Waals surface area contributed by atoms with Crippen molar-refractivity contribution in [1.82, 2.24) is 4.98 Å². The van der Waals surface area contributed by atoms with Gasteiger partial charge in [0.2, 0.25) is 5.56 Å². The molecular weight excluding hydrogens is 279 g/mol. The van der Waals surface area contributed by atoms with Crippen LogP contribution < -0.4 is 10.9 Å². The Morgan fingerprint density at radius 1 is 1.30 bits per heavy atom. The molecule has 3 rings (SSSR count). The summed E-state index contributed by atoms with van der Waals surface area (Å²) in [5.74, 6) is -0.325. The summed E-state index contributed by atoms with van der Waals surface area (Å²) in [6, 6.07) is 7.65. The van der Waals surface area contributed by atoms with Gasteiger partial charge < -0.3 is 10.3 Å². The molecule has 2 N–H and O–H groups in total. The standard InChI is InChI=1S/C15H14ClFN2O/c16-11-6-4-9(17)8-14(11)18-12-2-1-3-13-10(12)5-7-15(20)19-13/h4-8,12,18H,1-3H2,(H,19,20). The number of halogens is 2. The van der Waals surface area contributed by atoms with E-state index < -0.39 is 0 Å². The SMILES string of the molecule is O=c1ccc2c([nH]1)CCCC2Nc1cc(F)ccc1Cl. The van der Waals surface area contributed by atoms with E-state index in [0.29, 0.717) is 10.7 Å². The Labute approximate surface area is 120 Å². The normalized spacial score (nSPS) is 17.6. The van der Waals surface area contributed by atoms with Gasteiger partial charge in [-0.15, -0.1) is 0 Å². The van der Waals surface area contributed by atoms with Crippen molar-refractivity contribution in [2.24, 2.45) is 0 Å². The van der Waals surface area contributed by atoms with Crippen LogP contribution in [-0.2, 0) is 6.42 Å². The lowest BCUT2D eigenvalue weighted by Gasteiger charge is -2.27. The maximum absolute atomic E-state index is 13.3. The molecule has 1 aliphatic carbocycles. The molecule has 0 aliphatic heterocycles. The molecule has 5 heteroatoms. The molecule has 0 saturated heterocycles. The zero-order valence-corrected chi connectivity index (χ0v) is 11.5. The van der Waals surface area contributed by atoms with Crippen LogP contribution in [-0.4, -0.2) is 4.98 Å². The number of aromatic nitrogens is 1. The number of fused-ring (bicyclic) bond motifs is 1. The van der Waals surface area contributed by atoms with E-state index in [2.05, 4.69) is 10.3 Å². The molecule has 0 saturated carbocycles. The summed E-state index contributed by atoms with van der Waals surface area (Å²) in [4.78, 5) is 14.2. The number of hydrogen-bond acceptors (Lipinski definition) is 2. The fourth-order valence-electron chi connectivity index (χ4n) is 2.65. The van der Waals surface area contributed by atoms with E-state index in [-0.39, 0.29) is 17.4 Å². The van der Waals surface area contributed by atoms with E-state index in [1.807, 2.05) is 6.07 Å². The smallest absolute Gasteiger partial charge is 0.248 e. The molecule has 0 spiro atoms. The summed E-state index contributed by atoms with van der Waals surface area (Å²) in [5.41, 5.74) is 2.49. The Hall–Kier alpha value is -1.81. The molecule has 104 valence electrons. The molecule has 1 aliphatic rings. The van der Waals surface area contributed by atoms with Crippen LogP contribution in [0.15, 0.2) is 35.1 Å². The number of rotatable bonds is 2. The summed E-state index contributed by atoms with van der Waals surface area (Å²) in [6.45, 7) is 0. The van der Waals surface area contributed by atoms with Gasteiger partial charge >= 0.3 is 0 Å². The average Bonchev–Trinajstić information content (AvgIpc) is 2.43. The van der Waals surface area contributed by atoms with Gasteiger partial charge in [0.05, 0.1) is 16.8 Å². The molecule has 1 unspecified atom stereocenters. The average molecular weight is 293 g/mol. The number of benzene rings is 1. The van der Waals surface area contributed by atoms with E-state index in [1.54, 1.807) is 0 Å². The summed E-state index contributed by atoms with van der Waals surface area (Å²) >= 11 is 6.08. The highest BCUT2D eigenvalue weighted by Gasteiger charge is 2.21. The lowest BCUT2D eigenvalue weighted by Crippen LogP contribution is -2.21. The van der Waals surface area contributed by atoms with Crippen molar-refractivity contribution in [3.63, 3.8) is 0 Å². The number of pyridine rings is 1. The summed E-state index contributed by atoms with van der Waals surface area (Å²) < 4.78 is 13.3. The van der Waals surface area contributed by atoms with Crippen LogP contribution in [0.2, 0.25) is 5.02 Å². The minimum absolute atomic E-state index is 0.0369. The first-order valence-corrected chi connectivity index (χ1v) is 6.95. The molecule has 1 atom stereocenters. The number of aromatic amines is 1. The lowest BCUT2D eigenvalue weighted by molar-refractivity contribution is 0.585. The van der Waals surface area contributed by atoms with Crippen LogP contribution in [0.1, 0.15) is 30.1 Å². The van der Waals surface area contributed by atoms with Crippen LogP contribution in [0, 0.1) is 5.82 Å². The van der Waals surface area contributed by atoms with Gasteiger partial charge in [-0.2, -0.15) is 0 Å². The Kier molecular flexibility index (Phi) is 3.49. The molecule has 1 heterocycles. The van der Waals surface area contributed by atoms with Crippen molar-refractivity contribution in [3.8, 4) is 0 Å². The van der Waals surface area contributed by atoms with Gasteiger partial charge in [-0.05, 0) is 49.1 Å². The predicted molar refractivity (Wildman–Crippen MR) is 77.8 cm³/mol. The number of nitrogens with one attached hydrogen (secondary N) is 2. The molecule has 1 aromatic heterocycles. The molecule has 2 aromatic rings. The van der Waals surface area contributed by atoms with Gasteiger partial charge in [0.25, 0.3) is 0 Å². The first-order chi connectivity index (χ1) is 9.63. The minimum atomic E-state index is -0.325. The monoisotopic (exact) mass is 292 g/mol. The number of hydrogen-bond donors (Lipinski definition) is 2. The fourth-order valence-corrected chi connectivity index (χ4v) is 2.82. The van der Waals surface area contributed by atoms with Crippen molar-refractivity contribution in [2.45, 2.75) is 25.3 Å². The third kappa shape index (κ3) is 2.56. The van der Waals surface area contributed by atoms with Crippen LogP contribution in [0.3, 0.4) is 0 Å². The Morgan fingerprint density at radius 3 is 3.00 bits per heavy atom. The first kappa shape index (κ1) is 13.2. The van der Waals surface area contributed by atoms with Crippen molar-refractivity contribution < 1.29 is 4.39 Å². The molecule has 0 radical (unpaired) electrons. The van der Waals surface area contributed by atoms with E-state index in [1.165, 1.54) is 24.3 Å². The fraction of sp³-hybridized carbons (Fsp3) is 0.267. The van der Waals surface area contributed by atoms with E-state index >= 15 is 0 Å². The Morgan fingerprint density at radius 2 is 2.15 bits per heavy atom. The van der Waals surface area contributed by atoms with Gasteiger partial charge in [0.1, 0.15) is 5.82 Å². The zero-order chi connectivity index (χ0) is 14.1. The molecule has 0 bridgehead atoms. The predicted octanol–water partition coefficient (Wildman–Crippen LogP) is 3.66. The highest BCUT2D eigenvalue weighted by atomic mass is 35.5. The third-order valence-electron chi connectivity index (χ3n) is 3.59. The zero-order valence-electron chi connectivity index (χ0n) is 10.7. The van der Waals surface area contributed by atoms with Gasteiger partial charge in [-0.25, -0.2) is 4.39 Å². The summed E-state index contributed by atoms with van der Waals surface area (Å²) in [6.07, 6.45) is 2.75. The Balaban J connectivity index is 1.93. The van der Waals surface area contributed by atoms with Crippen LogP contribution >= 0.6 is 11.6 Å². The molecule has 20 heavy (non-hydrogen) atoms. The molecule has 1 aromatic carbocycles. The Bertz CT molecular complexity index is 699. The second kappa shape index (κ2) is 5.29. The molecule has 0 amide bonds. The maximum Gasteiger partial charge on any atom is 0.248 e. The highest BCUT2D eigenvalue weighted by Crippen LogP contribution is 2.33. The number of H-pyrrole nitrogens is 1. The summed E-state index contributed by atoms with van der Waals surface area (Å²) in [7, 11) is 0. The van der Waals surface area contributed by atoms with Gasteiger partial charge in [0, 0.05) is 11.8 Å². The minimum Gasteiger partial charge on any atom is -0.377 e. The third-order valence-corrected chi connectivity index (χ3v) is 3.92. The van der Waals surface area contributed by atoms with Crippen LogP contribution in [0.5, 0.6) is 0 Å². The van der Waals surface area contributed by atoms with Crippen molar-refractivity contribution in [3.05, 3.63) is 62.8 Å². The number of aryl methyl sites for hydroxylation is 1. The topological polar surface area (TPSA) is 44.9 Å².